The molecule has 1 aromatic heterocycles. The van der Waals surface area contributed by atoms with Gasteiger partial charge in [-0.15, -0.1) is 0 Å². The topological polar surface area (TPSA) is 38.9 Å². The number of rotatable bonds is 2. The summed E-state index contributed by atoms with van der Waals surface area (Å²) in [5, 5.41) is 0. The Kier molecular flexibility index (Phi) is 4.23. The highest BCUT2D eigenvalue weighted by Crippen LogP contribution is 2.26. The Morgan fingerprint density at radius 1 is 1.46 bits per heavy atom. The number of pyridine rings is 1. The Morgan fingerprint density at radius 2 is 2.08 bits per heavy atom. The van der Waals surface area contributed by atoms with E-state index in [9.17, 15) is 8.78 Å². The van der Waals surface area contributed by atoms with Gasteiger partial charge in [0.15, 0.2) is 0 Å². The van der Waals surface area contributed by atoms with Crippen LogP contribution >= 0.6 is 45.2 Å². The van der Waals surface area contributed by atoms with Gasteiger partial charge in [0.05, 0.1) is 0 Å². The molecule has 0 aliphatic heterocycles. The summed E-state index contributed by atoms with van der Waals surface area (Å²) in [6.45, 7) is 0.260. The van der Waals surface area contributed by atoms with Crippen LogP contribution < -0.4 is 5.73 Å². The van der Waals surface area contributed by atoms with E-state index in [1.807, 2.05) is 45.2 Å². The highest BCUT2D eigenvalue weighted by molar-refractivity contribution is 14.1. The molecule has 2 nitrogen and oxygen atoms in total. The number of nitrogens with two attached hydrogens (primary N) is 1. The minimum atomic E-state index is -2.54. The second-order valence-corrected chi connectivity index (χ2v) is 4.49. The van der Waals surface area contributed by atoms with Gasteiger partial charge >= 0.3 is 0 Å². The van der Waals surface area contributed by atoms with Gasteiger partial charge in [0.1, 0.15) is 9.39 Å². The molecule has 0 aromatic carbocycles. The van der Waals surface area contributed by atoms with E-state index in [2.05, 4.69) is 4.98 Å². The first-order valence-corrected chi connectivity index (χ1v) is 5.55. The van der Waals surface area contributed by atoms with Gasteiger partial charge in [-0.25, -0.2) is 13.8 Å². The summed E-state index contributed by atoms with van der Waals surface area (Å²) in [5.41, 5.74) is 5.95. The Labute approximate surface area is 102 Å². The molecule has 1 heterocycles. The predicted molar refractivity (Wildman–Crippen MR) is 62.5 cm³/mol. The Balaban J connectivity index is 3.27. The van der Waals surface area contributed by atoms with Crippen LogP contribution in [0.1, 0.15) is 17.7 Å². The fraction of sp³-hybridized carbons (Fsp3) is 0.286. The smallest absolute Gasteiger partial charge is 0.281 e. The molecule has 0 aliphatic rings. The van der Waals surface area contributed by atoms with Crippen molar-refractivity contribution in [2.45, 2.75) is 13.0 Å². The maximum Gasteiger partial charge on any atom is 0.281 e. The molecular formula is C7H6F2I2N2. The first kappa shape index (κ1) is 11.5. The Morgan fingerprint density at radius 3 is 2.54 bits per heavy atom. The quantitative estimate of drug-likeness (QED) is 0.602. The van der Waals surface area contributed by atoms with Crippen LogP contribution in [0.15, 0.2) is 6.07 Å². The molecule has 0 spiro atoms. The largest absolute Gasteiger partial charge is 0.326 e. The van der Waals surface area contributed by atoms with Crippen LogP contribution in [0.3, 0.4) is 0 Å². The third kappa shape index (κ3) is 2.69. The molecule has 0 aliphatic carbocycles. The molecule has 0 unspecified atom stereocenters. The Bertz CT molecular complexity index is 318. The summed E-state index contributed by atoms with van der Waals surface area (Å²) < 4.78 is 25.8. The van der Waals surface area contributed by atoms with Crippen LogP contribution in [0.25, 0.3) is 0 Å². The molecule has 1 rings (SSSR count). The van der Waals surface area contributed by atoms with Gasteiger partial charge in [-0.3, -0.25) is 0 Å². The summed E-state index contributed by atoms with van der Waals surface area (Å²) in [6, 6.07) is 1.72. The van der Waals surface area contributed by atoms with E-state index in [-0.39, 0.29) is 12.2 Å². The SMILES string of the molecule is NCc1cc(I)nc(C(F)F)c1I. The first-order valence-electron chi connectivity index (χ1n) is 3.39. The fourth-order valence-corrected chi connectivity index (χ4v) is 2.23. The van der Waals surface area contributed by atoms with E-state index in [1.165, 1.54) is 0 Å². The molecule has 72 valence electrons. The number of aromatic nitrogens is 1. The van der Waals surface area contributed by atoms with Crippen molar-refractivity contribution in [3.05, 3.63) is 24.6 Å². The average molecular weight is 410 g/mol. The molecule has 6 heteroatoms. The van der Waals surface area contributed by atoms with Crippen molar-refractivity contribution >= 4 is 45.2 Å². The third-order valence-corrected chi connectivity index (χ3v) is 3.25. The lowest BCUT2D eigenvalue weighted by molar-refractivity contribution is 0.144. The van der Waals surface area contributed by atoms with Crippen LogP contribution in [-0.4, -0.2) is 4.98 Å². The first-order chi connectivity index (χ1) is 6.06. The van der Waals surface area contributed by atoms with Crippen molar-refractivity contribution in [2.24, 2.45) is 5.73 Å². The van der Waals surface area contributed by atoms with Gasteiger partial charge in [0.25, 0.3) is 6.43 Å². The molecule has 0 radical (unpaired) electrons. The van der Waals surface area contributed by atoms with E-state index < -0.39 is 6.43 Å². The monoisotopic (exact) mass is 410 g/mol. The lowest BCUT2D eigenvalue weighted by Crippen LogP contribution is -2.06. The Hall–Kier alpha value is 0.430. The van der Waals surface area contributed by atoms with Crippen molar-refractivity contribution in [1.29, 1.82) is 0 Å². The summed E-state index contributed by atoms with van der Waals surface area (Å²) in [4.78, 5) is 3.75. The van der Waals surface area contributed by atoms with Crippen molar-refractivity contribution < 1.29 is 8.78 Å². The normalized spacial score (nSPS) is 10.9. The standard InChI is InChI=1S/C7H6F2I2N2/c8-7(9)6-5(11)3(2-12)1-4(10)13-6/h1,7H,2,12H2. The van der Waals surface area contributed by atoms with Gasteiger partial charge in [-0.1, -0.05) is 0 Å². The van der Waals surface area contributed by atoms with E-state index in [0.29, 0.717) is 7.27 Å². The highest BCUT2D eigenvalue weighted by Gasteiger charge is 2.16. The number of nitrogens with zero attached hydrogens (tertiary/aromatic N) is 1. The number of alkyl halides is 2. The van der Waals surface area contributed by atoms with Gasteiger partial charge in [-0.2, -0.15) is 0 Å². The molecule has 0 saturated heterocycles. The molecular weight excluding hydrogens is 404 g/mol. The predicted octanol–water partition coefficient (Wildman–Crippen LogP) is 2.69. The van der Waals surface area contributed by atoms with E-state index in [4.69, 9.17) is 5.73 Å². The summed E-state index contributed by atoms with van der Waals surface area (Å²) in [7, 11) is 0. The average Bonchev–Trinajstić information content (AvgIpc) is 2.08. The molecule has 1 aromatic rings. The van der Waals surface area contributed by atoms with Crippen molar-refractivity contribution in [1.82, 2.24) is 4.98 Å². The number of hydrogen-bond donors (Lipinski definition) is 1. The van der Waals surface area contributed by atoms with Crippen LogP contribution in [0.2, 0.25) is 0 Å². The molecule has 0 saturated carbocycles. The maximum absolute atomic E-state index is 12.4. The summed E-state index contributed by atoms with van der Waals surface area (Å²) in [6.07, 6.45) is -2.54. The van der Waals surface area contributed by atoms with E-state index in [0.717, 1.165) is 5.56 Å². The minimum Gasteiger partial charge on any atom is -0.326 e. The van der Waals surface area contributed by atoms with Gasteiger partial charge in [-0.05, 0) is 56.8 Å². The van der Waals surface area contributed by atoms with Crippen LogP contribution in [-0.2, 0) is 6.54 Å². The third-order valence-electron chi connectivity index (χ3n) is 1.45. The molecule has 0 amide bonds. The van der Waals surface area contributed by atoms with Crippen molar-refractivity contribution in [3.63, 3.8) is 0 Å². The van der Waals surface area contributed by atoms with Gasteiger partial charge in [0.2, 0.25) is 0 Å². The summed E-state index contributed by atoms with van der Waals surface area (Å²) in [5.74, 6) is 0. The van der Waals surface area contributed by atoms with Crippen LogP contribution in [0, 0.1) is 7.27 Å². The number of hydrogen-bond acceptors (Lipinski definition) is 2. The van der Waals surface area contributed by atoms with Gasteiger partial charge in [0, 0.05) is 10.1 Å². The molecule has 0 atom stereocenters. The van der Waals surface area contributed by atoms with Crippen molar-refractivity contribution in [3.8, 4) is 0 Å². The zero-order valence-corrected chi connectivity index (χ0v) is 10.7. The molecule has 0 fully saturated rings. The van der Waals surface area contributed by atoms with Gasteiger partial charge < -0.3 is 5.73 Å². The zero-order valence-electron chi connectivity index (χ0n) is 6.40. The minimum absolute atomic E-state index is 0.173. The van der Waals surface area contributed by atoms with Crippen LogP contribution in [0.5, 0.6) is 0 Å². The number of halogens is 4. The second kappa shape index (κ2) is 4.78. The lowest BCUT2D eigenvalue weighted by atomic mass is 10.2. The van der Waals surface area contributed by atoms with Crippen LogP contribution in [0.4, 0.5) is 8.78 Å². The summed E-state index contributed by atoms with van der Waals surface area (Å²) >= 11 is 3.75. The van der Waals surface area contributed by atoms with E-state index in [1.54, 1.807) is 6.07 Å². The lowest BCUT2D eigenvalue weighted by Gasteiger charge is -2.07. The zero-order chi connectivity index (χ0) is 10.0. The van der Waals surface area contributed by atoms with E-state index >= 15 is 0 Å². The maximum atomic E-state index is 12.4. The molecule has 2 N–H and O–H groups in total. The highest BCUT2D eigenvalue weighted by atomic mass is 127. The molecule has 13 heavy (non-hydrogen) atoms. The fourth-order valence-electron chi connectivity index (χ4n) is 0.861. The van der Waals surface area contributed by atoms with Crippen molar-refractivity contribution in [2.75, 3.05) is 0 Å². The second-order valence-electron chi connectivity index (χ2n) is 2.31. The molecule has 0 bridgehead atoms.